The Morgan fingerprint density at radius 1 is 1.64 bits per heavy atom. The fourth-order valence-electron chi connectivity index (χ4n) is 0.665. The number of allylic oxidation sites excluding steroid dienone is 2. The van der Waals surface area contributed by atoms with E-state index in [9.17, 15) is 0 Å². The van der Waals surface area contributed by atoms with Crippen LogP contribution < -0.4 is 5.73 Å². The Bertz CT molecular complexity index is 225. The first-order chi connectivity index (χ1) is 5.15. The van der Waals surface area contributed by atoms with Crippen LogP contribution in [-0.2, 0) is 9.47 Å². The Morgan fingerprint density at radius 3 is 2.82 bits per heavy atom. The smallest absolute Gasteiger partial charge is 0.208 e. The van der Waals surface area contributed by atoms with Crippen LogP contribution in [0.5, 0.6) is 0 Å². The maximum absolute atomic E-state index is 5.62. The average molecular weight is 196 g/mol. The maximum Gasteiger partial charge on any atom is 0.208 e. The number of nitrogens with two attached hydrogens (primary N) is 1. The molecule has 0 saturated heterocycles. The van der Waals surface area contributed by atoms with Crippen LogP contribution in [0.2, 0.25) is 0 Å². The molecule has 0 aromatic rings. The molecule has 0 spiro atoms. The summed E-state index contributed by atoms with van der Waals surface area (Å²) in [5.74, 6) is 0.458. The van der Waals surface area contributed by atoms with Crippen molar-refractivity contribution in [2.75, 3.05) is 7.11 Å². The zero-order valence-corrected chi connectivity index (χ0v) is 7.32. The number of ether oxygens (including phenoxy) is 2. The zero-order valence-electron chi connectivity index (χ0n) is 5.80. The molecule has 1 rings (SSSR count). The van der Waals surface area contributed by atoms with Crippen LogP contribution in [0.3, 0.4) is 0 Å². The van der Waals surface area contributed by atoms with Crippen LogP contribution >= 0.6 is 23.2 Å². The normalized spacial score (nSPS) is 24.4. The van der Waals surface area contributed by atoms with Crippen molar-refractivity contribution >= 4 is 23.2 Å². The number of methoxy groups -OCH3 is 1. The summed E-state index contributed by atoms with van der Waals surface area (Å²) in [7, 11) is 1.48. The van der Waals surface area contributed by atoms with Gasteiger partial charge in [-0.15, -0.1) is 0 Å². The Balaban J connectivity index is 2.87. The van der Waals surface area contributed by atoms with Crippen molar-refractivity contribution in [2.24, 2.45) is 5.73 Å². The molecule has 1 atom stereocenters. The molecule has 1 unspecified atom stereocenters. The van der Waals surface area contributed by atoms with Gasteiger partial charge in [-0.05, 0) is 11.6 Å². The van der Waals surface area contributed by atoms with E-state index in [2.05, 4.69) is 0 Å². The molecule has 62 valence electrons. The van der Waals surface area contributed by atoms with Crippen molar-refractivity contribution in [1.82, 2.24) is 0 Å². The predicted molar refractivity (Wildman–Crippen MR) is 42.9 cm³/mol. The number of hydrogen-bond donors (Lipinski definition) is 1. The van der Waals surface area contributed by atoms with Gasteiger partial charge in [0.2, 0.25) is 11.4 Å². The minimum absolute atomic E-state index is 0.0972. The lowest BCUT2D eigenvalue weighted by Crippen LogP contribution is -2.28. The molecule has 0 bridgehead atoms. The quantitative estimate of drug-likeness (QED) is 0.690. The summed E-state index contributed by atoms with van der Waals surface area (Å²) >= 11 is 11.1. The summed E-state index contributed by atoms with van der Waals surface area (Å²) in [6.45, 7) is 0. The van der Waals surface area contributed by atoms with E-state index in [4.69, 9.17) is 38.4 Å². The summed E-state index contributed by atoms with van der Waals surface area (Å²) in [5.41, 5.74) is 5.45. The number of halogens is 2. The highest BCUT2D eigenvalue weighted by Gasteiger charge is 2.19. The predicted octanol–water partition coefficient (Wildman–Crippen LogP) is 1.48. The van der Waals surface area contributed by atoms with Gasteiger partial charge in [0.15, 0.2) is 5.76 Å². The second-order valence-electron chi connectivity index (χ2n) is 1.91. The summed E-state index contributed by atoms with van der Waals surface area (Å²) in [4.78, 5) is 0. The van der Waals surface area contributed by atoms with E-state index in [0.29, 0.717) is 10.8 Å². The first-order valence-corrected chi connectivity index (χ1v) is 3.64. The van der Waals surface area contributed by atoms with E-state index in [1.807, 2.05) is 0 Å². The SMILES string of the molecule is COC1=CC(Cl)=C(Cl)OC1N. The molecule has 0 amide bonds. The van der Waals surface area contributed by atoms with Crippen molar-refractivity contribution in [2.45, 2.75) is 6.23 Å². The van der Waals surface area contributed by atoms with Gasteiger partial charge in [0.1, 0.15) is 0 Å². The molecule has 1 heterocycles. The van der Waals surface area contributed by atoms with E-state index in [1.165, 1.54) is 13.2 Å². The Labute approximate surface area is 74.4 Å². The molecule has 3 nitrogen and oxygen atoms in total. The standard InChI is InChI=1S/C6H7Cl2NO2/c1-10-4-2-3(7)5(8)11-6(4)9/h2,6H,9H2,1H3. The Hall–Kier alpha value is -0.380. The molecule has 0 radical (unpaired) electrons. The molecule has 0 saturated carbocycles. The molecule has 0 fully saturated rings. The van der Waals surface area contributed by atoms with Crippen molar-refractivity contribution < 1.29 is 9.47 Å². The maximum atomic E-state index is 5.62. The van der Waals surface area contributed by atoms with E-state index in [-0.39, 0.29) is 5.22 Å². The van der Waals surface area contributed by atoms with Crippen LogP contribution in [0, 0.1) is 0 Å². The van der Waals surface area contributed by atoms with Crippen LogP contribution in [0.4, 0.5) is 0 Å². The lowest BCUT2D eigenvalue weighted by atomic mass is 10.3. The van der Waals surface area contributed by atoms with Gasteiger partial charge in [-0.1, -0.05) is 11.6 Å². The van der Waals surface area contributed by atoms with Gasteiger partial charge in [0.25, 0.3) is 0 Å². The van der Waals surface area contributed by atoms with Crippen molar-refractivity contribution in [3.8, 4) is 0 Å². The fraction of sp³-hybridized carbons (Fsp3) is 0.333. The van der Waals surface area contributed by atoms with Gasteiger partial charge in [-0.25, -0.2) is 0 Å². The second-order valence-corrected chi connectivity index (χ2v) is 2.66. The highest BCUT2D eigenvalue weighted by molar-refractivity contribution is 6.39. The largest absolute Gasteiger partial charge is 0.496 e. The van der Waals surface area contributed by atoms with Crippen LogP contribution in [-0.4, -0.2) is 13.3 Å². The minimum Gasteiger partial charge on any atom is -0.496 e. The van der Waals surface area contributed by atoms with E-state index < -0.39 is 6.23 Å². The van der Waals surface area contributed by atoms with Crippen LogP contribution in [0.1, 0.15) is 0 Å². The number of hydrogen-bond acceptors (Lipinski definition) is 3. The molecule has 1 aliphatic rings. The molecule has 11 heavy (non-hydrogen) atoms. The van der Waals surface area contributed by atoms with Gasteiger partial charge >= 0.3 is 0 Å². The zero-order chi connectivity index (χ0) is 8.43. The molecular weight excluding hydrogens is 189 g/mol. The third kappa shape index (κ3) is 1.80. The second kappa shape index (κ2) is 3.34. The van der Waals surface area contributed by atoms with E-state index in [0.717, 1.165) is 0 Å². The molecular formula is C6H7Cl2NO2. The van der Waals surface area contributed by atoms with Crippen molar-refractivity contribution in [1.29, 1.82) is 0 Å². The summed E-state index contributed by atoms with van der Waals surface area (Å²) in [5, 5.41) is 0.394. The van der Waals surface area contributed by atoms with E-state index in [1.54, 1.807) is 0 Å². The topological polar surface area (TPSA) is 44.5 Å². The van der Waals surface area contributed by atoms with Gasteiger partial charge in [-0.2, -0.15) is 0 Å². The monoisotopic (exact) mass is 195 g/mol. The van der Waals surface area contributed by atoms with Crippen molar-refractivity contribution in [3.63, 3.8) is 0 Å². The summed E-state index contributed by atoms with van der Waals surface area (Å²) in [6.07, 6.45) is 0.868. The number of rotatable bonds is 1. The van der Waals surface area contributed by atoms with Crippen LogP contribution in [0.15, 0.2) is 22.1 Å². The lowest BCUT2D eigenvalue weighted by Gasteiger charge is -2.20. The molecule has 0 aromatic carbocycles. The molecule has 5 heteroatoms. The van der Waals surface area contributed by atoms with E-state index >= 15 is 0 Å². The van der Waals surface area contributed by atoms with Crippen LogP contribution in [0.25, 0.3) is 0 Å². The summed E-state index contributed by atoms with van der Waals surface area (Å²) in [6, 6.07) is 0. The van der Waals surface area contributed by atoms with Crippen molar-refractivity contribution in [3.05, 3.63) is 22.1 Å². The third-order valence-electron chi connectivity index (χ3n) is 1.20. The molecule has 2 N–H and O–H groups in total. The van der Waals surface area contributed by atoms with Gasteiger partial charge in [0, 0.05) is 6.08 Å². The first-order valence-electron chi connectivity index (χ1n) is 2.88. The molecule has 0 aromatic heterocycles. The Morgan fingerprint density at radius 2 is 2.27 bits per heavy atom. The minimum atomic E-state index is -0.657. The molecule has 1 aliphatic heterocycles. The molecule has 0 aliphatic carbocycles. The fourth-order valence-corrected chi connectivity index (χ4v) is 0.967. The Kier molecular flexibility index (Phi) is 2.65. The van der Waals surface area contributed by atoms with Gasteiger partial charge in [0.05, 0.1) is 12.1 Å². The van der Waals surface area contributed by atoms with Gasteiger partial charge in [-0.3, -0.25) is 5.73 Å². The highest BCUT2D eigenvalue weighted by atomic mass is 35.5. The third-order valence-corrected chi connectivity index (χ3v) is 1.87. The van der Waals surface area contributed by atoms with Gasteiger partial charge < -0.3 is 9.47 Å². The lowest BCUT2D eigenvalue weighted by molar-refractivity contribution is 0.100. The average Bonchev–Trinajstić information content (AvgIpc) is 1.97. The highest BCUT2D eigenvalue weighted by Crippen LogP contribution is 2.25. The first kappa shape index (κ1) is 8.71. The summed E-state index contributed by atoms with van der Waals surface area (Å²) < 4.78 is 9.76.